The Morgan fingerprint density at radius 1 is 1.29 bits per heavy atom. The molecule has 0 spiro atoms. The number of hydrogen-bond acceptors (Lipinski definition) is 3. The maximum absolute atomic E-state index is 11.9. The van der Waals surface area contributed by atoms with E-state index in [9.17, 15) is 4.79 Å². The Hall–Kier alpha value is -1.94. The smallest absolute Gasteiger partial charge is 0.287 e. The third-order valence-electron chi connectivity index (χ3n) is 3.07. The van der Waals surface area contributed by atoms with Gasteiger partial charge in [-0.15, -0.1) is 0 Å². The molecule has 0 aliphatic carbocycles. The Labute approximate surface area is 129 Å². The summed E-state index contributed by atoms with van der Waals surface area (Å²) in [5, 5.41) is 3.51. The summed E-state index contributed by atoms with van der Waals surface area (Å²) >= 11 is 5.80. The molecular formula is C16H18ClNO3. The van der Waals surface area contributed by atoms with Gasteiger partial charge < -0.3 is 14.5 Å². The van der Waals surface area contributed by atoms with Crippen LogP contribution < -0.4 is 10.1 Å². The average molecular weight is 308 g/mol. The highest BCUT2D eigenvalue weighted by Gasteiger charge is 2.13. The summed E-state index contributed by atoms with van der Waals surface area (Å²) in [6, 6.07) is 10.6. The van der Waals surface area contributed by atoms with E-state index in [2.05, 4.69) is 5.32 Å². The van der Waals surface area contributed by atoms with Crippen LogP contribution in [0.5, 0.6) is 5.75 Å². The molecule has 2 aromatic rings. The maximum Gasteiger partial charge on any atom is 0.287 e. The highest BCUT2D eigenvalue weighted by molar-refractivity contribution is 6.30. The molecule has 1 atom stereocenters. The second-order valence-electron chi connectivity index (χ2n) is 4.79. The third kappa shape index (κ3) is 4.53. The molecule has 5 heteroatoms. The molecule has 1 aromatic carbocycles. The molecule has 1 aromatic heterocycles. The molecule has 1 unspecified atom stereocenters. The number of carbonyl (C=O) groups is 1. The van der Waals surface area contributed by atoms with Crippen molar-refractivity contribution in [3.05, 3.63) is 52.9 Å². The Morgan fingerprint density at radius 3 is 2.67 bits per heavy atom. The SMILES string of the molecule is CCC(C)NC(=O)c1ccc(COc2ccc(Cl)cc2)o1. The molecule has 1 amide bonds. The van der Waals surface area contributed by atoms with Crippen LogP contribution in [0.2, 0.25) is 5.02 Å². The van der Waals surface area contributed by atoms with Gasteiger partial charge in [0.2, 0.25) is 0 Å². The monoisotopic (exact) mass is 307 g/mol. The first-order valence-electron chi connectivity index (χ1n) is 6.86. The molecule has 21 heavy (non-hydrogen) atoms. The minimum absolute atomic E-state index is 0.122. The summed E-state index contributed by atoms with van der Waals surface area (Å²) in [5.74, 6) is 1.38. The van der Waals surface area contributed by atoms with E-state index in [1.807, 2.05) is 13.8 Å². The lowest BCUT2D eigenvalue weighted by molar-refractivity contribution is 0.0907. The molecule has 2 rings (SSSR count). The van der Waals surface area contributed by atoms with Crippen molar-refractivity contribution < 1.29 is 13.9 Å². The number of carbonyl (C=O) groups excluding carboxylic acids is 1. The van der Waals surface area contributed by atoms with E-state index < -0.39 is 0 Å². The Kier molecular flexibility index (Phi) is 5.28. The molecule has 0 bridgehead atoms. The molecule has 1 N–H and O–H groups in total. The van der Waals surface area contributed by atoms with Crippen molar-refractivity contribution in [3.8, 4) is 5.75 Å². The quantitative estimate of drug-likeness (QED) is 0.876. The van der Waals surface area contributed by atoms with Crippen molar-refractivity contribution in [2.24, 2.45) is 0 Å². The predicted octanol–water partition coefficient (Wildman–Crippen LogP) is 4.04. The summed E-state index contributed by atoms with van der Waals surface area (Å²) in [7, 11) is 0. The zero-order chi connectivity index (χ0) is 15.2. The van der Waals surface area contributed by atoms with Gasteiger partial charge in [-0.2, -0.15) is 0 Å². The van der Waals surface area contributed by atoms with Gasteiger partial charge in [0, 0.05) is 11.1 Å². The summed E-state index contributed by atoms with van der Waals surface area (Å²) in [6.45, 7) is 4.22. The van der Waals surface area contributed by atoms with E-state index in [1.165, 1.54) is 0 Å². The molecule has 0 saturated heterocycles. The molecule has 0 saturated carbocycles. The number of benzene rings is 1. The molecule has 1 heterocycles. The topological polar surface area (TPSA) is 51.5 Å². The van der Waals surface area contributed by atoms with Gasteiger partial charge in [0.25, 0.3) is 5.91 Å². The number of hydrogen-bond donors (Lipinski definition) is 1. The highest BCUT2D eigenvalue weighted by Crippen LogP contribution is 2.17. The summed E-state index contributed by atoms with van der Waals surface area (Å²) in [6.07, 6.45) is 0.874. The van der Waals surface area contributed by atoms with Crippen molar-refractivity contribution >= 4 is 17.5 Å². The first kappa shape index (κ1) is 15.4. The lowest BCUT2D eigenvalue weighted by Gasteiger charge is -2.09. The van der Waals surface area contributed by atoms with Crippen molar-refractivity contribution in [1.82, 2.24) is 5.32 Å². The van der Waals surface area contributed by atoms with E-state index in [0.717, 1.165) is 6.42 Å². The first-order valence-corrected chi connectivity index (χ1v) is 7.24. The molecule has 0 fully saturated rings. The van der Waals surface area contributed by atoms with Crippen LogP contribution in [-0.4, -0.2) is 11.9 Å². The standard InChI is InChI=1S/C16H18ClNO3/c1-3-11(2)18-16(19)15-9-8-14(21-15)10-20-13-6-4-12(17)5-7-13/h4-9,11H,3,10H2,1-2H3,(H,18,19). The third-order valence-corrected chi connectivity index (χ3v) is 3.32. The summed E-state index contributed by atoms with van der Waals surface area (Å²) in [4.78, 5) is 11.9. The van der Waals surface area contributed by atoms with Crippen molar-refractivity contribution in [2.75, 3.05) is 0 Å². The molecule has 4 nitrogen and oxygen atoms in total. The Balaban J connectivity index is 1.91. The number of rotatable bonds is 6. The average Bonchev–Trinajstić information content (AvgIpc) is 2.95. The number of amides is 1. The van der Waals surface area contributed by atoms with Gasteiger partial charge >= 0.3 is 0 Å². The van der Waals surface area contributed by atoms with Crippen LogP contribution in [0.25, 0.3) is 0 Å². The lowest BCUT2D eigenvalue weighted by Crippen LogP contribution is -2.31. The van der Waals surface area contributed by atoms with Crippen molar-refractivity contribution in [3.63, 3.8) is 0 Å². The zero-order valence-electron chi connectivity index (χ0n) is 12.1. The molecule has 0 aliphatic rings. The summed E-state index contributed by atoms with van der Waals surface area (Å²) < 4.78 is 11.0. The second-order valence-corrected chi connectivity index (χ2v) is 5.23. The fourth-order valence-corrected chi connectivity index (χ4v) is 1.79. The number of nitrogens with one attached hydrogen (secondary N) is 1. The number of ether oxygens (including phenoxy) is 1. The van der Waals surface area contributed by atoms with Crippen LogP contribution in [0, 0.1) is 0 Å². The van der Waals surface area contributed by atoms with E-state index in [-0.39, 0.29) is 18.6 Å². The van der Waals surface area contributed by atoms with Crippen molar-refractivity contribution in [2.45, 2.75) is 32.9 Å². The van der Waals surface area contributed by atoms with Gasteiger partial charge in [-0.25, -0.2) is 0 Å². The Morgan fingerprint density at radius 2 is 2.00 bits per heavy atom. The molecule has 112 valence electrons. The first-order chi connectivity index (χ1) is 10.1. The minimum Gasteiger partial charge on any atom is -0.486 e. The normalized spacial score (nSPS) is 12.0. The fraction of sp³-hybridized carbons (Fsp3) is 0.312. The Bertz CT molecular complexity index is 592. The maximum atomic E-state index is 11.9. The molecule has 0 radical (unpaired) electrons. The fourth-order valence-electron chi connectivity index (χ4n) is 1.66. The second kappa shape index (κ2) is 7.18. The van der Waals surface area contributed by atoms with Gasteiger partial charge in [-0.1, -0.05) is 18.5 Å². The van der Waals surface area contributed by atoms with Gasteiger partial charge in [0.15, 0.2) is 5.76 Å². The van der Waals surface area contributed by atoms with Crippen LogP contribution in [0.3, 0.4) is 0 Å². The van der Waals surface area contributed by atoms with E-state index in [0.29, 0.717) is 22.3 Å². The van der Waals surface area contributed by atoms with Crippen LogP contribution in [-0.2, 0) is 6.61 Å². The summed E-state index contributed by atoms with van der Waals surface area (Å²) in [5.41, 5.74) is 0. The lowest BCUT2D eigenvalue weighted by atomic mass is 10.2. The van der Waals surface area contributed by atoms with E-state index in [4.69, 9.17) is 20.8 Å². The van der Waals surface area contributed by atoms with E-state index >= 15 is 0 Å². The number of furan rings is 1. The molecular weight excluding hydrogens is 290 g/mol. The van der Waals surface area contributed by atoms with Crippen LogP contribution in [0.15, 0.2) is 40.8 Å². The van der Waals surface area contributed by atoms with Crippen LogP contribution in [0.1, 0.15) is 36.6 Å². The van der Waals surface area contributed by atoms with Crippen LogP contribution in [0.4, 0.5) is 0 Å². The van der Waals surface area contributed by atoms with Gasteiger partial charge in [-0.05, 0) is 49.7 Å². The van der Waals surface area contributed by atoms with Crippen LogP contribution >= 0.6 is 11.6 Å². The minimum atomic E-state index is -0.206. The predicted molar refractivity (Wildman–Crippen MR) is 81.7 cm³/mol. The van der Waals surface area contributed by atoms with Gasteiger partial charge in [0.1, 0.15) is 18.1 Å². The van der Waals surface area contributed by atoms with E-state index in [1.54, 1.807) is 36.4 Å². The highest BCUT2D eigenvalue weighted by atomic mass is 35.5. The zero-order valence-corrected chi connectivity index (χ0v) is 12.8. The van der Waals surface area contributed by atoms with Gasteiger partial charge in [0.05, 0.1) is 0 Å². The largest absolute Gasteiger partial charge is 0.486 e. The van der Waals surface area contributed by atoms with Gasteiger partial charge in [-0.3, -0.25) is 4.79 Å². The molecule has 0 aliphatic heterocycles. The number of halogens is 1. The van der Waals surface area contributed by atoms with Crippen molar-refractivity contribution in [1.29, 1.82) is 0 Å².